The molecule has 3 nitrogen and oxygen atoms in total. The lowest BCUT2D eigenvalue weighted by Crippen LogP contribution is -2.43. The Kier molecular flexibility index (Phi) is 7.22. The van der Waals surface area contributed by atoms with Crippen LogP contribution in [-0.4, -0.2) is 36.8 Å². The van der Waals surface area contributed by atoms with Gasteiger partial charge in [0.05, 0.1) is 0 Å². The zero-order valence-corrected chi connectivity index (χ0v) is 18.7. The van der Waals surface area contributed by atoms with Crippen LogP contribution in [0.25, 0.3) is 0 Å². The molecule has 0 saturated heterocycles. The summed E-state index contributed by atoms with van der Waals surface area (Å²) in [6, 6.07) is 6.21. The van der Waals surface area contributed by atoms with E-state index in [1.807, 2.05) is 54.9 Å². The molecule has 154 valence electrons. The minimum atomic E-state index is -1.05. The van der Waals surface area contributed by atoms with Gasteiger partial charge in [-0.1, -0.05) is 30.7 Å². The maximum Gasteiger partial charge on any atom is 0.143 e. The smallest absolute Gasteiger partial charge is 0.143 e. The Balaban J connectivity index is 2.65. The minimum Gasteiger partial charge on any atom is -0.380 e. The van der Waals surface area contributed by atoms with E-state index >= 15 is 4.39 Å². The number of likely N-dealkylation sites (N-methyl/N-ethyl adjacent to an activating group) is 1. The van der Waals surface area contributed by atoms with Crippen LogP contribution in [0.5, 0.6) is 0 Å². The topological polar surface area (TPSA) is 27.6 Å². The van der Waals surface area contributed by atoms with E-state index in [0.717, 1.165) is 40.1 Å². The monoisotopic (exact) mass is 385 g/mol. The Hall–Kier alpha value is -1.94. The molecule has 1 heterocycles. The van der Waals surface area contributed by atoms with Crippen molar-refractivity contribution in [1.29, 1.82) is 0 Å². The number of benzene rings is 1. The van der Waals surface area contributed by atoms with Crippen LogP contribution in [0.2, 0.25) is 0 Å². The lowest BCUT2D eigenvalue weighted by molar-refractivity contribution is 0.186. The Morgan fingerprint density at radius 3 is 2.54 bits per heavy atom. The van der Waals surface area contributed by atoms with E-state index in [4.69, 9.17) is 0 Å². The lowest BCUT2D eigenvalue weighted by Gasteiger charge is -2.29. The van der Waals surface area contributed by atoms with Crippen LogP contribution in [0.15, 0.2) is 46.7 Å². The van der Waals surface area contributed by atoms with Crippen molar-refractivity contribution in [1.82, 2.24) is 10.2 Å². The summed E-state index contributed by atoms with van der Waals surface area (Å²) < 4.78 is 15.6. The number of hydrogen-bond donors (Lipinski definition) is 1. The van der Waals surface area contributed by atoms with Crippen LogP contribution in [0.1, 0.15) is 70.3 Å². The first kappa shape index (κ1) is 22.4. The maximum atomic E-state index is 15.6. The van der Waals surface area contributed by atoms with Gasteiger partial charge in [-0.3, -0.25) is 4.99 Å². The minimum absolute atomic E-state index is 0.0633. The number of rotatable bonds is 5. The average molecular weight is 386 g/mol. The molecule has 0 saturated carbocycles. The molecule has 2 atom stereocenters. The van der Waals surface area contributed by atoms with Crippen molar-refractivity contribution < 1.29 is 4.39 Å². The quantitative estimate of drug-likeness (QED) is 0.673. The summed E-state index contributed by atoms with van der Waals surface area (Å²) in [6.45, 7) is 12.8. The summed E-state index contributed by atoms with van der Waals surface area (Å²) >= 11 is 0. The molecular formula is C24H36FN3. The second-order valence-electron chi connectivity index (χ2n) is 8.73. The third-order valence-electron chi connectivity index (χ3n) is 5.39. The molecular weight excluding hydrogens is 349 g/mol. The average Bonchev–Trinajstić information content (AvgIpc) is 2.73. The summed E-state index contributed by atoms with van der Waals surface area (Å²) in [7, 11) is 4.10. The number of nitrogens with zero attached hydrogens (tertiary/aromatic N) is 2. The SMILES string of the molecule is CCc1cccc2c1C(F)C(C)(C)NCC2/C(=C/C(C)=NC=C(C)C)N(C)C. The van der Waals surface area contributed by atoms with Gasteiger partial charge in [-0.15, -0.1) is 0 Å². The van der Waals surface area contributed by atoms with Crippen LogP contribution >= 0.6 is 0 Å². The maximum absolute atomic E-state index is 15.6. The van der Waals surface area contributed by atoms with E-state index in [0.29, 0.717) is 6.54 Å². The molecule has 28 heavy (non-hydrogen) atoms. The van der Waals surface area contributed by atoms with Gasteiger partial charge in [-0.25, -0.2) is 4.39 Å². The van der Waals surface area contributed by atoms with Gasteiger partial charge in [0.15, 0.2) is 0 Å². The second kappa shape index (κ2) is 9.04. The first-order valence-corrected chi connectivity index (χ1v) is 10.2. The molecule has 0 aromatic heterocycles. The van der Waals surface area contributed by atoms with Crippen molar-refractivity contribution in [2.45, 2.75) is 65.6 Å². The molecule has 0 spiro atoms. The fraction of sp³-hybridized carbons (Fsp3) is 0.542. The molecule has 0 aliphatic carbocycles. The first-order valence-electron chi connectivity index (χ1n) is 10.2. The van der Waals surface area contributed by atoms with Gasteiger partial charge in [0.25, 0.3) is 0 Å². The molecule has 1 N–H and O–H groups in total. The molecule has 0 bridgehead atoms. The molecule has 1 aromatic rings. The molecule has 2 rings (SSSR count). The van der Waals surface area contributed by atoms with E-state index < -0.39 is 11.7 Å². The summed E-state index contributed by atoms with van der Waals surface area (Å²) in [5.74, 6) is 0.0633. The van der Waals surface area contributed by atoms with E-state index in [-0.39, 0.29) is 5.92 Å². The number of hydrogen-bond acceptors (Lipinski definition) is 3. The largest absolute Gasteiger partial charge is 0.380 e. The fourth-order valence-electron chi connectivity index (χ4n) is 3.77. The highest BCUT2D eigenvalue weighted by Gasteiger charge is 2.39. The van der Waals surface area contributed by atoms with Crippen LogP contribution in [0.3, 0.4) is 0 Å². The highest BCUT2D eigenvalue weighted by molar-refractivity contribution is 5.94. The Morgan fingerprint density at radius 1 is 1.29 bits per heavy atom. The molecule has 0 radical (unpaired) electrons. The molecule has 0 amide bonds. The number of nitrogens with one attached hydrogen (secondary N) is 1. The van der Waals surface area contributed by atoms with Gasteiger partial charge >= 0.3 is 0 Å². The second-order valence-corrected chi connectivity index (χ2v) is 8.73. The predicted octanol–water partition coefficient (Wildman–Crippen LogP) is 5.56. The summed E-state index contributed by atoms with van der Waals surface area (Å²) in [5.41, 5.74) is 5.66. The van der Waals surface area contributed by atoms with E-state index in [9.17, 15) is 0 Å². The first-order chi connectivity index (χ1) is 13.1. The van der Waals surface area contributed by atoms with Gasteiger partial charge in [-0.05, 0) is 63.8 Å². The van der Waals surface area contributed by atoms with Crippen molar-refractivity contribution in [3.8, 4) is 0 Å². The number of aliphatic imine (C=N–C) groups is 1. The zero-order chi connectivity index (χ0) is 21.1. The number of alkyl halides is 1. The third kappa shape index (κ3) is 4.91. The van der Waals surface area contributed by atoms with E-state index in [1.54, 1.807) is 0 Å². The Morgan fingerprint density at radius 2 is 1.96 bits per heavy atom. The third-order valence-corrected chi connectivity index (χ3v) is 5.39. The Bertz CT molecular complexity index is 783. The van der Waals surface area contributed by atoms with Gasteiger partial charge in [-0.2, -0.15) is 0 Å². The number of halogens is 1. The number of aryl methyl sites for hydroxylation is 1. The molecule has 0 fully saturated rings. The number of fused-ring (bicyclic) bond motifs is 1. The standard InChI is InChI=1S/C24H36FN3/c1-9-18-11-10-12-19-20(15-27-24(5,6)23(25)22(18)19)21(28(7)8)13-17(4)26-14-16(2)3/h10-14,20,23,27H,9,15H2,1-8H3/b21-13-,26-17?. The summed E-state index contributed by atoms with van der Waals surface area (Å²) in [4.78, 5) is 6.68. The van der Waals surface area contributed by atoms with E-state index in [1.165, 1.54) is 0 Å². The highest BCUT2D eigenvalue weighted by Crippen LogP contribution is 2.42. The van der Waals surface area contributed by atoms with Crippen molar-refractivity contribution in [3.63, 3.8) is 0 Å². The molecule has 4 heteroatoms. The summed E-state index contributed by atoms with van der Waals surface area (Å²) in [6.07, 6.45) is 3.79. The zero-order valence-electron chi connectivity index (χ0n) is 18.7. The molecule has 1 aromatic carbocycles. The predicted molar refractivity (Wildman–Crippen MR) is 119 cm³/mol. The van der Waals surface area contributed by atoms with Gasteiger partial charge in [0.2, 0.25) is 0 Å². The van der Waals surface area contributed by atoms with Crippen molar-refractivity contribution in [3.05, 3.63) is 58.4 Å². The number of allylic oxidation sites excluding steroid dienone is 2. The Labute approximate surface area is 170 Å². The fourth-order valence-corrected chi connectivity index (χ4v) is 3.77. The van der Waals surface area contributed by atoms with Crippen LogP contribution in [-0.2, 0) is 6.42 Å². The lowest BCUT2D eigenvalue weighted by atomic mass is 9.83. The van der Waals surface area contributed by atoms with Gasteiger partial charge < -0.3 is 10.2 Å². The van der Waals surface area contributed by atoms with E-state index in [2.05, 4.69) is 46.4 Å². The van der Waals surface area contributed by atoms with Gasteiger partial charge in [0.1, 0.15) is 6.17 Å². The van der Waals surface area contributed by atoms with Crippen molar-refractivity contribution >= 4 is 5.71 Å². The highest BCUT2D eigenvalue weighted by atomic mass is 19.1. The van der Waals surface area contributed by atoms with Crippen LogP contribution in [0.4, 0.5) is 4.39 Å². The van der Waals surface area contributed by atoms with Crippen molar-refractivity contribution in [2.75, 3.05) is 20.6 Å². The molecule has 2 unspecified atom stereocenters. The summed E-state index contributed by atoms with van der Waals surface area (Å²) in [5, 5.41) is 3.48. The molecule has 1 aliphatic rings. The molecule has 1 aliphatic heterocycles. The van der Waals surface area contributed by atoms with Crippen LogP contribution < -0.4 is 5.32 Å². The van der Waals surface area contributed by atoms with Crippen LogP contribution in [0, 0.1) is 0 Å². The normalized spacial score (nSPS) is 22.3. The van der Waals surface area contributed by atoms with Gasteiger partial charge in [0, 0.05) is 49.7 Å². The van der Waals surface area contributed by atoms with Crippen molar-refractivity contribution in [2.24, 2.45) is 4.99 Å².